The molecule has 1 aromatic carbocycles. The first-order valence-electron chi connectivity index (χ1n) is 6.41. The molecule has 1 aliphatic rings. The zero-order valence-corrected chi connectivity index (χ0v) is 10.8. The number of benzene rings is 1. The highest BCUT2D eigenvalue weighted by Crippen LogP contribution is 2.40. The Morgan fingerprint density at radius 2 is 2.22 bits per heavy atom. The fourth-order valence-electron chi connectivity index (χ4n) is 2.91. The summed E-state index contributed by atoms with van der Waals surface area (Å²) in [7, 11) is 1.89. The van der Waals surface area contributed by atoms with Crippen molar-refractivity contribution in [1.29, 1.82) is 0 Å². The van der Waals surface area contributed by atoms with Crippen molar-refractivity contribution in [2.75, 3.05) is 0 Å². The molecule has 3 rings (SSSR count). The predicted molar refractivity (Wildman–Crippen MR) is 70.4 cm³/mol. The van der Waals surface area contributed by atoms with Gasteiger partial charge in [0, 0.05) is 18.8 Å². The van der Waals surface area contributed by atoms with E-state index in [2.05, 4.69) is 29.4 Å². The van der Waals surface area contributed by atoms with Crippen LogP contribution < -0.4 is 0 Å². The summed E-state index contributed by atoms with van der Waals surface area (Å²) in [4.78, 5) is 0. The van der Waals surface area contributed by atoms with E-state index in [4.69, 9.17) is 0 Å². The van der Waals surface area contributed by atoms with Gasteiger partial charge in [0.15, 0.2) is 0 Å². The molecule has 0 radical (unpaired) electrons. The van der Waals surface area contributed by atoms with Gasteiger partial charge in [-0.1, -0.05) is 24.3 Å². The maximum Gasteiger partial charge on any atom is 0.0829 e. The second-order valence-corrected chi connectivity index (χ2v) is 5.19. The van der Waals surface area contributed by atoms with E-state index in [0.717, 1.165) is 24.1 Å². The lowest BCUT2D eigenvalue weighted by Gasteiger charge is -2.31. The summed E-state index contributed by atoms with van der Waals surface area (Å²) in [6.07, 6.45) is 3.40. The van der Waals surface area contributed by atoms with Crippen molar-refractivity contribution in [3.8, 4) is 0 Å². The molecule has 0 bridgehead atoms. The number of nitrogens with zero attached hydrogens (tertiary/aromatic N) is 2. The Hall–Kier alpha value is -1.61. The maximum atomic E-state index is 10.3. The second-order valence-electron chi connectivity index (χ2n) is 5.19. The third-order valence-electron chi connectivity index (χ3n) is 3.88. The Morgan fingerprint density at radius 1 is 1.44 bits per heavy atom. The Balaban J connectivity index is 1.74. The summed E-state index contributed by atoms with van der Waals surface area (Å²) in [5.41, 5.74) is 4.72. The smallest absolute Gasteiger partial charge is 0.0829 e. The number of aromatic nitrogens is 2. The molecule has 0 fully saturated rings. The minimum atomic E-state index is -0.406. The van der Waals surface area contributed by atoms with Crippen molar-refractivity contribution < 1.29 is 5.11 Å². The van der Waals surface area contributed by atoms with E-state index in [0.29, 0.717) is 5.92 Å². The van der Waals surface area contributed by atoms with Gasteiger partial charge in [-0.25, -0.2) is 0 Å². The Bertz CT molecular complexity index is 574. The van der Waals surface area contributed by atoms with Gasteiger partial charge in [0.2, 0.25) is 0 Å². The topological polar surface area (TPSA) is 38.0 Å². The lowest BCUT2D eigenvalue weighted by molar-refractivity contribution is 0.153. The molecule has 94 valence electrons. The molecule has 2 unspecified atom stereocenters. The first kappa shape index (κ1) is 11.5. The highest BCUT2D eigenvalue weighted by Gasteiger charge is 2.28. The molecule has 0 spiro atoms. The van der Waals surface area contributed by atoms with Gasteiger partial charge in [-0.05, 0) is 36.8 Å². The normalized spacial score (nSPS) is 19.2. The largest absolute Gasteiger partial charge is 0.388 e. The van der Waals surface area contributed by atoms with Crippen LogP contribution in [0.2, 0.25) is 0 Å². The summed E-state index contributed by atoms with van der Waals surface area (Å²) in [5, 5.41) is 14.6. The molecule has 1 aromatic heterocycles. The number of aliphatic hydroxyl groups excluding tert-OH is 1. The van der Waals surface area contributed by atoms with E-state index in [1.807, 2.05) is 20.2 Å². The van der Waals surface area contributed by atoms with Gasteiger partial charge >= 0.3 is 0 Å². The molecule has 1 aliphatic carbocycles. The van der Waals surface area contributed by atoms with Crippen LogP contribution in [0.4, 0.5) is 0 Å². The first-order chi connectivity index (χ1) is 8.65. The molecule has 0 saturated carbocycles. The third-order valence-corrected chi connectivity index (χ3v) is 3.88. The van der Waals surface area contributed by atoms with E-state index >= 15 is 0 Å². The number of hydrogen-bond acceptors (Lipinski definition) is 2. The number of fused-ring (bicyclic) bond motifs is 1. The van der Waals surface area contributed by atoms with E-state index in [-0.39, 0.29) is 0 Å². The van der Waals surface area contributed by atoms with Gasteiger partial charge in [-0.3, -0.25) is 4.68 Å². The van der Waals surface area contributed by atoms with Crippen molar-refractivity contribution in [2.24, 2.45) is 7.05 Å². The SMILES string of the molecule is Cc1nn(C)cc1C(O)CC1Cc2ccccc21. The maximum absolute atomic E-state index is 10.3. The van der Waals surface area contributed by atoms with Crippen LogP contribution in [0, 0.1) is 6.92 Å². The lowest BCUT2D eigenvalue weighted by Crippen LogP contribution is -2.19. The molecule has 1 heterocycles. The number of aliphatic hydroxyl groups is 1. The van der Waals surface area contributed by atoms with E-state index < -0.39 is 6.10 Å². The number of hydrogen-bond donors (Lipinski definition) is 1. The van der Waals surface area contributed by atoms with Crippen LogP contribution in [0.1, 0.15) is 40.8 Å². The van der Waals surface area contributed by atoms with E-state index in [9.17, 15) is 5.11 Å². The molecule has 2 aromatic rings. The van der Waals surface area contributed by atoms with Gasteiger partial charge in [0.25, 0.3) is 0 Å². The molecular weight excluding hydrogens is 224 g/mol. The van der Waals surface area contributed by atoms with Gasteiger partial charge in [0.1, 0.15) is 0 Å². The Kier molecular flexibility index (Phi) is 2.71. The Morgan fingerprint density at radius 3 is 2.89 bits per heavy atom. The van der Waals surface area contributed by atoms with Gasteiger partial charge < -0.3 is 5.11 Å². The minimum Gasteiger partial charge on any atom is -0.388 e. The molecule has 0 amide bonds. The van der Waals surface area contributed by atoms with Crippen LogP contribution in [0.15, 0.2) is 30.5 Å². The molecule has 3 nitrogen and oxygen atoms in total. The van der Waals surface area contributed by atoms with E-state index in [1.165, 1.54) is 11.1 Å². The summed E-state index contributed by atoms with van der Waals surface area (Å²) in [5.74, 6) is 0.496. The third kappa shape index (κ3) is 1.85. The zero-order valence-electron chi connectivity index (χ0n) is 10.8. The zero-order chi connectivity index (χ0) is 12.7. The fourth-order valence-corrected chi connectivity index (χ4v) is 2.91. The van der Waals surface area contributed by atoms with Crippen molar-refractivity contribution in [3.63, 3.8) is 0 Å². The second kappa shape index (κ2) is 4.25. The van der Waals surface area contributed by atoms with Crippen LogP contribution in [-0.4, -0.2) is 14.9 Å². The van der Waals surface area contributed by atoms with E-state index in [1.54, 1.807) is 4.68 Å². The monoisotopic (exact) mass is 242 g/mol. The van der Waals surface area contributed by atoms with Crippen LogP contribution in [0.3, 0.4) is 0 Å². The minimum absolute atomic E-state index is 0.406. The van der Waals surface area contributed by atoms with Gasteiger partial charge in [-0.2, -0.15) is 5.10 Å². The first-order valence-corrected chi connectivity index (χ1v) is 6.41. The molecule has 0 saturated heterocycles. The van der Waals surface area contributed by atoms with Crippen molar-refractivity contribution in [1.82, 2.24) is 9.78 Å². The summed E-state index contributed by atoms with van der Waals surface area (Å²) >= 11 is 0. The van der Waals surface area contributed by atoms with Crippen LogP contribution in [-0.2, 0) is 13.5 Å². The standard InChI is InChI=1S/C15H18N2O/c1-10-14(9-17(2)16-10)15(18)8-12-7-11-5-3-4-6-13(11)12/h3-6,9,12,15,18H,7-8H2,1-2H3. The summed E-state index contributed by atoms with van der Waals surface area (Å²) in [6.45, 7) is 1.95. The average Bonchev–Trinajstić information content (AvgIpc) is 2.65. The van der Waals surface area contributed by atoms with Crippen LogP contribution in [0.5, 0.6) is 0 Å². The average molecular weight is 242 g/mol. The molecule has 3 heteroatoms. The molecule has 2 atom stereocenters. The predicted octanol–water partition coefficient (Wildman–Crippen LogP) is 2.49. The van der Waals surface area contributed by atoms with Crippen molar-refractivity contribution in [3.05, 3.63) is 52.8 Å². The summed E-state index contributed by atoms with van der Waals surface area (Å²) < 4.78 is 1.77. The number of aryl methyl sites for hydroxylation is 2. The Labute approximate surface area is 107 Å². The van der Waals surface area contributed by atoms with Crippen LogP contribution >= 0.6 is 0 Å². The quantitative estimate of drug-likeness (QED) is 0.898. The van der Waals surface area contributed by atoms with Crippen molar-refractivity contribution >= 4 is 0 Å². The molecule has 0 aliphatic heterocycles. The molecule has 18 heavy (non-hydrogen) atoms. The highest BCUT2D eigenvalue weighted by atomic mass is 16.3. The van der Waals surface area contributed by atoms with Gasteiger partial charge in [0.05, 0.1) is 11.8 Å². The summed E-state index contributed by atoms with van der Waals surface area (Å²) in [6, 6.07) is 8.50. The molecule has 1 N–H and O–H groups in total. The van der Waals surface area contributed by atoms with Crippen molar-refractivity contribution in [2.45, 2.75) is 31.8 Å². The lowest BCUT2D eigenvalue weighted by atomic mass is 9.74. The fraction of sp³-hybridized carbons (Fsp3) is 0.400. The number of rotatable bonds is 3. The van der Waals surface area contributed by atoms with Gasteiger partial charge in [-0.15, -0.1) is 0 Å². The highest BCUT2D eigenvalue weighted by molar-refractivity contribution is 5.40. The molecular formula is C15H18N2O. The van der Waals surface area contributed by atoms with Crippen LogP contribution in [0.25, 0.3) is 0 Å².